The van der Waals surface area contributed by atoms with Crippen LogP contribution in [0, 0.1) is 6.08 Å². The quantitative estimate of drug-likeness (QED) is 0.202. The molecule has 0 radical (unpaired) electrons. The highest BCUT2D eigenvalue weighted by atomic mass is 19.1. The number of aromatic nitrogens is 2. The largest absolute Gasteiger partial charge is 0.399 e. The van der Waals surface area contributed by atoms with Crippen molar-refractivity contribution < 1.29 is 9.23 Å². The van der Waals surface area contributed by atoms with Crippen LogP contribution in [0.25, 0.3) is 0 Å². The molecule has 0 unspecified atom stereocenters. The zero-order valence-corrected chi connectivity index (χ0v) is 18.3. The van der Waals surface area contributed by atoms with Crippen LogP contribution in [0.15, 0.2) is 102 Å². The number of benzene rings is 3. The maximum atomic E-state index is 15.6. The van der Waals surface area contributed by atoms with E-state index in [1.807, 2.05) is 104 Å². The Bertz CT molecular complexity index is 1070. The van der Waals surface area contributed by atoms with Crippen LogP contribution in [-0.2, 0) is 16.8 Å². The van der Waals surface area contributed by atoms with Crippen LogP contribution >= 0.6 is 0 Å². The predicted octanol–water partition coefficient (Wildman–Crippen LogP) is 5.82. The van der Waals surface area contributed by atoms with E-state index in [0.29, 0.717) is 18.5 Å². The number of hydrogen-bond donors (Lipinski definition) is 0. The summed E-state index contributed by atoms with van der Waals surface area (Å²) >= 11 is 0. The van der Waals surface area contributed by atoms with Gasteiger partial charge in [0.05, 0.1) is 11.4 Å². The van der Waals surface area contributed by atoms with Crippen molar-refractivity contribution in [3.05, 3.63) is 126 Å². The third kappa shape index (κ3) is 4.06. The molecule has 0 saturated carbocycles. The minimum Gasteiger partial charge on any atom is -0.399 e. The van der Waals surface area contributed by atoms with E-state index in [1.165, 1.54) is 7.11 Å². The summed E-state index contributed by atoms with van der Waals surface area (Å²) in [6.45, 7) is 1.89. The molecule has 0 fully saturated rings. The molecule has 4 aromatic rings. The van der Waals surface area contributed by atoms with Gasteiger partial charge >= 0.3 is 0 Å². The number of aryl methyl sites for hydroxylation is 1. The van der Waals surface area contributed by atoms with Gasteiger partial charge < -0.3 is 4.84 Å². The number of oxime groups is 1. The fourth-order valence-corrected chi connectivity index (χ4v) is 4.22. The molecule has 0 saturated heterocycles. The van der Waals surface area contributed by atoms with Gasteiger partial charge in [0.25, 0.3) is 6.08 Å². The Morgan fingerprint density at radius 1 is 0.875 bits per heavy atom. The third-order valence-electron chi connectivity index (χ3n) is 5.64. The highest BCUT2D eigenvalue weighted by Crippen LogP contribution is 2.41. The molecule has 0 bridgehead atoms. The van der Waals surface area contributed by atoms with Crippen molar-refractivity contribution in [3.63, 3.8) is 0 Å². The smallest absolute Gasteiger partial charge is 0.290 e. The molecule has 0 N–H and O–H groups in total. The Balaban J connectivity index is 1.94. The van der Waals surface area contributed by atoms with Crippen molar-refractivity contribution in [1.82, 2.24) is 9.55 Å². The first-order chi connectivity index (χ1) is 15.7. The van der Waals surface area contributed by atoms with E-state index in [9.17, 15) is 0 Å². The van der Waals surface area contributed by atoms with Gasteiger partial charge in [-0.3, -0.25) is 4.57 Å². The van der Waals surface area contributed by atoms with Crippen molar-refractivity contribution in [2.75, 3.05) is 7.11 Å². The average molecular weight is 428 g/mol. The average Bonchev–Trinajstić information content (AvgIpc) is 3.21. The SMILES string of the molecule is CON=C(C)CCc1cn(C(c2ccccc2)(c2ccccc2)c2ccccc2)c(F)n1. The molecular weight excluding hydrogens is 401 g/mol. The first-order valence-electron chi connectivity index (χ1n) is 10.6. The van der Waals surface area contributed by atoms with E-state index < -0.39 is 11.6 Å². The molecule has 0 atom stereocenters. The zero-order chi connectivity index (χ0) is 22.4. The predicted molar refractivity (Wildman–Crippen MR) is 125 cm³/mol. The zero-order valence-electron chi connectivity index (χ0n) is 18.3. The molecule has 1 aromatic heterocycles. The third-order valence-corrected chi connectivity index (χ3v) is 5.64. The van der Waals surface area contributed by atoms with Crippen LogP contribution in [0.5, 0.6) is 0 Å². The van der Waals surface area contributed by atoms with Gasteiger partial charge in [-0.25, -0.2) is 4.98 Å². The second-order valence-electron chi connectivity index (χ2n) is 7.69. The Labute approximate surface area is 188 Å². The lowest BCUT2D eigenvalue weighted by molar-refractivity contribution is 0.212. The summed E-state index contributed by atoms with van der Waals surface area (Å²) in [6, 6.07) is 30.0. The number of rotatable bonds is 8. The van der Waals surface area contributed by atoms with Crippen molar-refractivity contribution in [2.24, 2.45) is 5.16 Å². The van der Waals surface area contributed by atoms with E-state index >= 15 is 4.39 Å². The molecule has 3 aromatic carbocycles. The summed E-state index contributed by atoms with van der Waals surface area (Å²) in [6.07, 6.45) is 2.50. The van der Waals surface area contributed by atoms with Crippen molar-refractivity contribution >= 4 is 5.71 Å². The first kappa shape index (κ1) is 21.5. The molecule has 0 aliphatic rings. The minimum atomic E-state index is -0.908. The van der Waals surface area contributed by atoms with Crippen LogP contribution in [-0.4, -0.2) is 22.4 Å². The molecular formula is C27H26FN3O. The van der Waals surface area contributed by atoms with Crippen LogP contribution in [0.3, 0.4) is 0 Å². The number of hydrogen-bond acceptors (Lipinski definition) is 3. The van der Waals surface area contributed by atoms with Gasteiger partial charge in [0.15, 0.2) is 0 Å². The fourth-order valence-electron chi connectivity index (χ4n) is 4.22. The van der Waals surface area contributed by atoms with Crippen molar-refractivity contribution in [1.29, 1.82) is 0 Å². The molecule has 0 amide bonds. The monoisotopic (exact) mass is 427 g/mol. The highest BCUT2D eigenvalue weighted by Gasteiger charge is 2.40. The Morgan fingerprint density at radius 2 is 1.34 bits per heavy atom. The van der Waals surface area contributed by atoms with Gasteiger partial charge in [0, 0.05) is 6.20 Å². The van der Waals surface area contributed by atoms with Gasteiger partial charge in [0.1, 0.15) is 12.6 Å². The summed E-state index contributed by atoms with van der Waals surface area (Å²) in [7, 11) is 1.52. The molecule has 0 spiro atoms. The summed E-state index contributed by atoms with van der Waals surface area (Å²) in [5.74, 6) is 0. The molecule has 4 rings (SSSR count). The second-order valence-corrected chi connectivity index (χ2v) is 7.69. The maximum Gasteiger partial charge on any atom is 0.290 e. The molecule has 0 aliphatic carbocycles. The van der Waals surface area contributed by atoms with Crippen LogP contribution < -0.4 is 0 Å². The van der Waals surface area contributed by atoms with Gasteiger partial charge in [-0.05, 0) is 36.5 Å². The topological polar surface area (TPSA) is 39.4 Å². The summed E-state index contributed by atoms with van der Waals surface area (Å²) in [5.41, 5.74) is 3.46. The second kappa shape index (κ2) is 9.60. The van der Waals surface area contributed by atoms with Crippen molar-refractivity contribution in [2.45, 2.75) is 25.3 Å². The van der Waals surface area contributed by atoms with Gasteiger partial charge in [0.2, 0.25) is 0 Å². The van der Waals surface area contributed by atoms with Crippen LogP contribution in [0.2, 0.25) is 0 Å². The number of imidazole rings is 1. The molecule has 4 nitrogen and oxygen atoms in total. The van der Waals surface area contributed by atoms with Crippen LogP contribution in [0.4, 0.5) is 4.39 Å². The maximum absolute atomic E-state index is 15.6. The molecule has 0 aliphatic heterocycles. The Morgan fingerprint density at radius 3 is 1.78 bits per heavy atom. The first-order valence-corrected chi connectivity index (χ1v) is 10.6. The number of halogens is 1. The lowest BCUT2D eigenvalue weighted by atomic mass is 9.76. The van der Waals surface area contributed by atoms with E-state index in [0.717, 1.165) is 22.4 Å². The lowest BCUT2D eigenvalue weighted by Crippen LogP contribution is -2.38. The molecule has 162 valence electrons. The molecule has 1 heterocycles. The summed E-state index contributed by atoms with van der Waals surface area (Å²) in [5, 5.41) is 3.95. The van der Waals surface area contributed by atoms with E-state index in [4.69, 9.17) is 4.84 Å². The fraction of sp³-hybridized carbons (Fsp3) is 0.185. The minimum absolute atomic E-state index is 0.530. The summed E-state index contributed by atoms with van der Waals surface area (Å²) in [4.78, 5) is 9.12. The van der Waals surface area contributed by atoms with E-state index in [-0.39, 0.29) is 0 Å². The van der Waals surface area contributed by atoms with Crippen molar-refractivity contribution in [3.8, 4) is 0 Å². The van der Waals surface area contributed by atoms with Gasteiger partial charge in [-0.2, -0.15) is 4.39 Å². The van der Waals surface area contributed by atoms with E-state index in [2.05, 4.69) is 10.1 Å². The van der Waals surface area contributed by atoms with Crippen LogP contribution in [0.1, 0.15) is 35.7 Å². The molecule has 32 heavy (non-hydrogen) atoms. The normalized spacial score (nSPS) is 12.0. The van der Waals surface area contributed by atoms with E-state index in [1.54, 1.807) is 4.57 Å². The lowest BCUT2D eigenvalue weighted by Gasteiger charge is -2.37. The molecule has 5 heteroatoms. The Kier molecular flexibility index (Phi) is 6.45. The highest BCUT2D eigenvalue weighted by molar-refractivity contribution is 5.81. The standard InChI is InChI=1S/C27H26FN3O/c1-21(30-32-2)18-19-25-20-31(26(28)29-25)27(22-12-6-3-7-13-22,23-14-8-4-9-15-23)24-16-10-5-11-17-24/h3-17,20H,18-19H2,1-2H3. The van der Waals surface area contributed by atoms with Gasteiger partial charge in [-0.15, -0.1) is 0 Å². The number of nitrogens with zero attached hydrogens (tertiary/aromatic N) is 3. The summed E-state index contributed by atoms with van der Waals surface area (Å²) < 4.78 is 17.3. The Hall–Kier alpha value is -3.73. The van der Waals surface area contributed by atoms with Gasteiger partial charge in [-0.1, -0.05) is 96.2 Å².